The standard InChI is InChI=1S/C19H21F3N2O/c1-18(2,3)14-8-10-16(11-9-14)24-17(25)23-12-13-4-6-15(7-5-13)19(20,21)22/h4-11H,12H2,1-3H3,(H2,23,24,25). The molecular weight excluding hydrogens is 329 g/mol. The summed E-state index contributed by atoms with van der Waals surface area (Å²) in [5.74, 6) is 0. The molecule has 0 heterocycles. The van der Waals surface area contributed by atoms with Crippen LogP contribution in [0.1, 0.15) is 37.5 Å². The highest BCUT2D eigenvalue weighted by molar-refractivity contribution is 5.89. The molecule has 0 fully saturated rings. The Bertz CT molecular complexity index is 714. The van der Waals surface area contributed by atoms with Crippen molar-refractivity contribution in [3.8, 4) is 0 Å². The van der Waals surface area contributed by atoms with Crippen molar-refractivity contribution in [2.45, 2.75) is 38.9 Å². The first-order valence-corrected chi connectivity index (χ1v) is 7.87. The molecule has 6 heteroatoms. The van der Waals surface area contributed by atoms with Crippen molar-refractivity contribution in [1.29, 1.82) is 0 Å². The number of amides is 2. The van der Waals surface area contributed by atoms with Gasteiger partial charge in [-0.25, -0.2) is 4.79 Å². The van der Waals surface area contributed by atoms with Crippen LogP contribution in [0, 0.1) is 0 Å². The summed E-state index contributed by atoms with van der Waals surface area (Å²) < 4.78 is 37.5. The molecule has 0 aromatic heterocycles. The number of nitrogens with one attached hydrogen (secondary N) is 2. The van der Waals surface area contributed by atoms with Gasteiger partial charge in [0.25, 0.3) is 0 Å². The van der Waals surface area contributed by atoms with E-state index in [4.69, 9.17) is 0 Å². The first-order valence-electron chi connectivity index (χ1n) is 7.87. The number of halogens is 3. The number of carbonyl (C=O) groups is 1. The van der Waals surface area contributed by atoms with Gasteiger partial charge < -0.3 is 10.6 Å². The second kappa shape index (κ2) is 7.17. The molecule has 0 saturated carbocycles. The van der Waals surface area contributed by atoms with Gasteiger partial charge in [-0.3, -0.25) is 0 Å². The van der Waals surface area contributed by atoms with E-state index >= 15 is 0 Å². The molecule has 0 aliphatic rings. The molecule has 0 atom stereocenters. The van der Waals surface area contributed by atoms with Crippen LogP contribution in [0.3, 0.4) is 0 Å². The van der Waals surface area contributed by atoms with E-state index in [2.05, 4.69) is 31.4 Å². The summed E-state index contributed by atoms with van der Waals surface area (Å²) in [7, 11) is 0. The highest BCUT2D eigenvalue weighted by Crippen LogP contribution is 2.29. The van der Waals surface area contributed by atoms with E-state index in [0.717, 1.165) is 17.7 Å². The predicted octanol–water partition coefficient (Wildman–Crippen LogP) is 5.32. The Morgan fingerprint density at radius 3 is 1.88 bits per heavy atom. The van der Waals surface area contributed by atoms with Crippen LogP contribution < -0.4 is 10.6 Å². The quantitative estimate of drug-likeness (QED) is 0.772. The van der Waals surface area contributed by atoms with Gasteiger partial charge >= 0.3 is 12.2 Å². The van der Waals surface area contributed by atoms with Crippen LogP contribution in [0.5, 0.6) is 0 Å². The fourth-order valence-electron chi connectivity index (χ4n) is 2.22. The normalized spacial score (nSPS) is 11.9. The Morgan fingerprint density at radius 2 is 1.40 bits per heavy atom. The predicted molar refractivity (Wildman–Crippen MR) is 92.4 cm³/mol. The van der Waals surface area contributed by atoms with Crippen molar-refractivity contribution < 1.29 is 18.0 Å². The van der Waals surface area contributed by atoms with Gasteiger partial charge in [-0.05, 0) is 40.8 Å². The molecule has 2 N–H and O–H groups in total. The van der Waals surface area contributed by atoms with Crippen molar-refractivity contribution >= 4 is 11.7 Å². The lowest BCUT2D eigenvalue weighted by Crippen LogP contribution is -2.28. The van der Waals surface area contributed by atoms with Crippen molar-refractivity contribution in [1.82, 2.24) is 5.32 Å². The number of benzene rings is 2. The number of urea groups is 1. The van der Waals surface area contributed by atoms with Gasteiger partial charge in [0, 0.05) is 12.2 Å². The summed E-state index contributed by atoms with van der Waals surface area (Å²) in [6.07, 6.45) is -4.36. The Hall–Kier alpha value is -2.50. The Balaban J connectivity index is 1.88. The largest absolute Gasteiger partial charge is 0.416 e. The van der Waals surface area contributed by atoms with Crippen LogP contribution >= 0.6 is 0 Å². The van der Waals surface area contributed by atoms with Gasteiger partial charge in [-0.1, -0.05) is 45.0 Å². The van der Waals surface area contributed by atoms with E-state index in [1.54, 1.807) is 0 Å². The van der Waals surface area contributed by atoms with Crippen molar-refractivity contribution in [3.63, 3.8) is 0 Å². The van der Waals surface area contributed by atoms with E-state index in [-0.39, 0.29) is 12.0 Å². The molecule has 2 aromatic rings. The molecule has 0 aliphatic carbocycles. The smallest absolute Gasteiger partial charge is 0.334 e. The highest BCUT2D eigenvalue weighted by Gasteiger charge is 2.29. The Kier molecular flexibility index (Phi) is 5.40. The zero-order valence-corrected chi connectivity index (χ0v) is 14.4. The summed E-state index contributed by atoms with van der Waals surface area (Å²) in [4.78, 5) is 11.9. The molecule has 0 aliphatic heterocycles. The fraction of sp³-hybridized carbons (Fsp3) is 0.316. The maximum Gasteiger partial charge on any atom is 0.416 e. The molecule has 2 rings (SSSR count). The van der Waals surface area contributed by atoms with Crippen LogP contribution in [-0.2, 0) is 18.1 Å². The van der Waals surface area contributed by atoms with Crippen molar-refractivity contribution in [2.24, 2.45) is 0 Å². The van der Waals surface area contributed by atoms with E-state index in [9.17, 15) is 18.0 Å². The zero-order valence-electron chi connectivity index (χ0n) is 14.4. The van der Waals surface area contributed by atoms with E-state index in [1.165, 1.54) is 12.1 Å². The zero-order chi connectivity index (χ0) is 18.7. The topological polar surface area (TPSA) is 41.1 Å². The lowest BCUT2D eigenvalue weighted by molar-refractivity contribution is -0.137. The average molecular weight is 350 g/mol. The first kappa shape index (κ1) is 18.8. The molecule has 0 spiro atoms. The molecule has 0 unspecified atom stereocenters. The second-order valence-corrected chi connectivity index (χ2v) is 6.83. The second-order valence-electron chi connectivity index (χ2n) is 6.83. The van der Waals surface area contributed by atoms with E-state index < -0.39 is 17.8 Å². The third-order valence-electron chi connectivity index (χ3n) is 3.74. The summed E-state index contributed by atoms with van der Waals surface area (Å²) in [6, 6.07) is 11.8. The maximum absolute atomic E-state index is 12.5. The van der Waals surface area contributed by atoms with Gasteiger partial charge in [0.05, 0.1) is 5.56 Å². The number of carbonyl (C=O) groups excluding carboxylic acids is 1. The molecule has 134 valence electrons. The molecule has 25 heavy (non-hydrogen) atoms. The minimum atomic E-state index is -4.36. The van der Waals surface area contributed by atoms with Crippen LogP contribution in [0.15, 0.2) is 48.5 Å². The van der Waals surface area contributed by atoms with Gasteiger partial charge in [-0.2, -0.15) is 13.2 Å². The lowest BCUT2D eigenvalue weighted by atomic mass is 9.87. The highest BCUT2D eigenvalue weighted by atomic mass is 19.4. The number of rotatable bonds is 3. The van der Waals surface area contributed by atoms with Gasteiger partial charge in [0.2, 0.25) is 0 Å². The summed E-state index contributed by atoms with van der Waals surface area (Å²) >= 11 is 0. The summed E-state index contributed by atoms with van der Waals surface area (Å²) in [5, 5.41) is 5.32. The van der Waals surface area contributed by atoms with Crippen LogP contribution in [-0.4, -0.2) is 6.03 Å². The fourth-order valence-corrected chi connectivity index (χ4v) is 2.22. The molecular formula is C19H21F3N2O. The minimum Gasteiger partial charge on any atom is -0.334 e. The Morgan fingerprint density at radius 1 is 0.880 bits per heavy atom. The van der Waals surface area contributed by atoms with Crippen molar-refractivity contribution in [3.05, 3.63) is 65.2 Å². The molecule has 0 saturated heterocycles. The molecule has 2 amide bonds. The van der Waals surface area contributed by atoms with Crippen molar-refractivity contribution in [2.75, 3.05) is 5.32 Å². The summed E-state index contributed by atoms with van der Waals surface area (Å²) in [6.45, 7) is 6.45. The number of hydrogen-bond acceptors (Lipinski definition) is 1. The van der Waals surface area contributed by atoms with E-state index in [0.29, 0.717) is 11.3 Å². The average Bonchev–Trinajstić information content (AvgIpc) is 2.52. The Labute approximate surface area is 145 Å². The first-order chi connectivity index (χ1) is 11.6. The SMILES string of the molecule is CC(C)(C)c1ccc(NC(=O)NCc2ccc(C(F)(F)F)cc2)cc1. The van der Waals surface area contributed by atoms with Gasteiger partial charge in [0.15, 0.2) is 0 Å². The number of anilines is 1. The minimum absolute atomic E-state index is 0.0311. The molecule has 0 radical (unpaired) electrons. The van der Waals surface area contributed by atoms with Gasteiger partial charge in [-0.15, -0.1) is 0 Å². The maximum atomic E-state index is 12.5. The lowest BCUT2D eigenvalue weighted by Gasteiger charge is -2.19. The number of hydrogen-bond donors (Lipinski definition) is 2. The van der Waals surface area contributed by atoms with E-state index in [1.807, 2.05) is 24.3 Å². The van der Waals surface area contributed by atoms with Crippen LogP contribution in [0.2, 0.25) is 0 Å². The third kappa shape index (κ3) is 5.52. The molecule has 0 bridgehead atoms. The van der Waals surface area contributed by atoms with Crippen LogP contribution in [0.25, 0.3) is 0 Å². The van der Waals surface area contributed by atoms with Gasteiger partial charge in [0.1, 0.15) is 0 Å². The monoisotopic (exact) mass is 350 g/mol. The summed E-state index contributed by atoms with van der Waals surface area (Å²) in [5.41, 5.74) is 1.72. The third-order valence-corrected chi connectivity index (χ3v) is 3.74. The van der Waals surface area contributed by atoms with Crippen LogP contribution in [0.4, 0.5) is 23.7 Å². The molecule has 2 aromatic carbocycles. The number of alkyl halides is 3. The molecule has 3 nitrogen and oxygen atoms in total.